The molecule has 0 heterocycles. The first-order valence-corrected chi connectivity index (χ1v) is 6.40. The Bertz CT molecular complexity index is 360. The van der Waals surface area contributed by atoms with Crippen molar-refractivity contribution in [2.75, 3.05) is 18.9 Å². The number of nitrogens with two attached hydrogens (primary N) is 1. The third-order valence-corrected chi connectivity index (χ3v) is 3.32. The van der Waals surface area contributed by atoms with Crippen LogP contribution in [-0.2, 0) is 10.0 Å². The monoisotopic (exact) mass is 232 g/mol. The summed E-state index contributed by atoms with van der Waals surface area (Å²) in [5.41, 5.74) is 6.35. The Hall–Kier alpha value is -0.690. The van der Waals surface area contributed by atoms with E-state index in [1.165, 1.54) is 0 Å². The molecule has 0 bridgehead atoms. The van der Waals surface area contributed by atoms with Gasteiger partial charge in [-0.3, -0.25) is 0 Å². The normalized spacial score (nSPS) is 21.5. The van der Waals surface area contributed by atoms with Crippen LogP contribution >= 0.6 is 0 Å². The molecular weight excluding hydrogens is 216 g/mol. The number of hydrogen-bond donors (Lipinski definition) is 3. The van der Waals surface area contributed by atoms with Crippen LogP contribution in [-0.4, -0.2) is 38.5 Å². The van der Waals surface area contributed by atoms with Gasteiger partial charge in [0.25, 0.3) is 0 Å². The minimum absolute atomic E-state index is 0.0470. The van der Waals surface area contributed by atoms with E-state index in [1.54, 1.807) is 12.2 Å². The molecule has 0 unspecified atom stereocenters. The van der Waals surface area contributed by atoms with Crippen molar-refractivity contribution in [3.05, 3.63) is 23.8 Å². The number of rotatable bonds is 5. The van der Waals surface area contributed by atoms with Crippen molar-refractivity contribution in [3.63, 3.8) is 0 Å². The van der Waals surface area contributed by atoms with Gasteiger partial charge in [-0.2, -0.15) is 0 Å². The molecule has 0 aromatic rings. The van der Waals surface area contributed by atoms with E-state index >= 15 is 0 Å². The highest BCUT2D eigenvalue weighted by Crippen LogP contribution is 2.10. The molecule has 0 amide bonds. The molecule has 0 radical (unpaired) electrons. The number of sulfonamides is 1. The molecule has 86 valence electrons. The molecule has 1 aliphatic rings. The van der Waals surface area contributed by atoms with Crippen LogP contribution in [0.25, 0.3) is 0 Å². The lowest BCUT2D eigenvalue weighted by atomic mass is 10.1. The first-order chi connectivity index (χ1) is 7.03. The first-order valence-electron chi connectivity index (χ1n) is 4.74. The molecule has 0 aromatic carbocycles. The predicted molar refractivity (Wildman–Crippen MR) is 58.7 cm³/mol. The topological polar surface area (TPSA) is 92.4 Å². The summed E-state index contributed by atoms with van der Waals surface area (Å²) < 4.78 is 25.1. The molecular formula is C9H16N2O3S. The fraction of sp³-hybridized carbons (Fsp3) is 0.556. The van der Waals surface area contributed by atoms with Gasteiger partial charge in [0.15, 0.2) is 0 Å². The summed E-state index contributed by atoms with van der Waals surface area (Å²) in [5.74, 6) is -0.0861. The smallest absolute Gasteiger partial charge is 0.215 e. The highest BCUT2D eigenvalue weighted by atomic mass is 32.2. The summed E-state index contributed by atoms with van der Waals surface area (Å²) in [5, 5.41) is 8.50. The fourth-order valence-electron chi connectivity index (χ4n) is 1.34. The number of hydrogen-bond acceptors (Lipinski definition) is 4. The number of aliphatic hydroxyl groups excluding tert-OH is 1. The third-order valence-electron chi connectivity index (χ3n) is 1.96. The van der Waals surface area contributed by atoms with Crippen LogP contribution in [0.2, 0.25) is 0 Å². The second-order valence-electron chi connectivity index (χ2n) is 3.42. The zero-order valence-electron chi connectivity index (χ0n) is 8.39. The zero-order valence-corrected chi connectivity index (χ0v) is 9.20. The van der Waals surface area contributed by atoms with Crippen molar-refractivity contribution in [2.45, 2.75) is 12.5 Å². The van der Waals surface area contributed by atoms with Gasteiger partial charge in [-0.1, -0.05) is 18.2 Å². The highest BCUT2D eigenvalue weighted by Gasteiger charge is 2.13. The minimum Gasteiger partial charge on any atom is -0.395 e. The predicted octanol–water partition coefficient (Wildman–Crippen LogP) is -0.888. The summed E-state index contributed by atoms with van der Waals surface area (Å²) in [4.78, 5) is 0. The van der Waals surface area contributed by atoms with E-state index in [4.69, 9.17) is 10.8 Å². The molecule has 0 saturated heterocycles. The van der Waals surface area contributed by atoms with E-state index in [9.17, 15) is 8.42 Å². The average molecular weight is 232 g/mol. The average Bonchev–Trinajstić information content (AvgIpc) is 2.14. The Morgan fingerprint density at radius 1 is 1.60 bits per heavy atom. The molecule has 0 fully saturated rings. The summed E-state index contributed by atoms with van der Waals surface area (Å²) >= 11 is 0. The van der Waals surface area contributed by atoms with Gasteiger partial charge in [0.05, 0.1) is 12.4 Å². The van der Waals surface area contributed by atoms with Crippen molar-refractivity contribution in [3.8, 4) is 0 Å². The van der Waals surface area contributed by atoms with E-state index in [-0.39, 0.29) is 24.9 Å². The molecule has 0 aromatic heterocycles. The molecule has 15 heavy (non-hydrogen) atoms. The van der Waals surface area contributed by atoms with Crippen molar-refractivity contribution in [1.29, 1.82) is 0 Å². The SMILES string of the molecule is N[C@@H]1C=C(CS(=O)(=O)NCCO)C=CC1. The second-order valence-corrected chi connectivity index (χ2v) is 5.23. The van der Waals surface area contributed by atoms with Crippen LogP contribution in [0, 0.1) is 0 Å². The Morgan fingerprint density at radius 3 is 2.93 bits per heavy atom. The van der Waals surface area contributed by atoms with E-state index in [1.807, 2.05) is 6.08 Å². The fourth-order valence-corrected chi connectivity index (χ4v) is 2.48. The Balaban J connectivity index is 2.57. The summed E-state index contributed by atoms with van der Waals surface area (Å²) in [6.07, 6.45) is 6.12. The third kappa shape index (κ3) is 4.57. The van der Waals surface area contributed by atoms with Crippen LogP contribution < -0.4 is 10.5 Å². The van der Waals surface area contributed by atoms with E-state index in [0.717, 1.165) is 6.42 Å². The van der Waals surface area contributed by atoms with Crippen LogP contribution in [0.3, 0.4) is 0 Å². The van der Waals surface area contributed by atoms with Crippen LogP contribution in [0.15, 0.2) is 23.8 Å². The lowest BCUT2D eigenvalue weighted by molar-refractivity contribution is 0.301. The first kappa shape index (κ1) is 12.4. The largest absolute Gasteiger partial charge is 0.395 e. The molecule has 0 aliphatic heterocycles. The Labute approximate surface area is 89.7 Å². The molecule has 0 spiro atoms. The van der Waals surface area contributed by atoms with Crippen LogP contribution in [0.1, 0.15) is 6.42 Å². The van der Waals surface area contributed by atoms with Gasteiger partial charge in [0.2, 0.25) is 10.0 Å². The van der Waals surface area contributed by atoms with Crippen molar-refractivity contribution in [2.24, 2.45) is 5.73 Å². The Morgan fingerprint density at radius 2 is 2.33 bits per heavy atom. The van der Waals surface area contributed by atoms with Gasteiger partial charge in [-0.05, 0) is 12.0 Å². The molecule has 1 atom stereocenters. The maximum Gasteiger partial charge on any atom is 0.215 e. The second kappa shape index (κ2) is 5.41. The van der Waals surface area contributed by atoms with Gasteiger partial charge in [0.1, 0.15) is 0 Å². The zero-order chi connectivity index (χ0) is 11.3. The van der Waals surface area contributed by atoms with Gasteiger partial charge < -0.3 is 10.8 Å². The summed E-state index contributed by atoms with van der Waals surface area (Å²) in [7, 11) is -3.35. The molecule has 4 N–H and O–H groups in total. The minimum atomic E-state index is -3.35. The van der Waals surface area contributed by atoms with Crippen molar-refractivity contribution in [1.82, 2.24) is 4.72 Å². The van der Waals surface area contributed by atoms with Crippen molar-refractivity contribution < 1.29 is 13.5 Å². The molecule has 1 rings (SSSR count). The van der Waals surface area contributed by atoms with Crippen LogP contribution in [0.5, 0.6) is 0 Å². The maximum absolute atomic E-state index is 11.4. The molecule has 6 heteroatoms. The number of aliphatic hydroxyl groups is 1. The van der Waals surface area contributed by atoms with E-state index in [0.29, 0.717) is 5.57 Å². The van der Waals surface area contributed by atoms with Gasteiger partial charge in [-0.15, -0.1) is 0 Å². The van der Waals surface area contributed by atoms with Crippen LogP contribution in [0.4, 0.5) is 0 Å². The lowest BCUT2D eigenvalue weighted by Crippen LogP contribution is -2.30. The van der Waals surface area contributed by atoms with Gasteiger partial charge in [-0.25, -0.2) is 13.1 Å². The summed E-state index contributed by atoms with van der Waals surface area (Å²) in [6.45, 7) is -0.154. The van der Waals surface area contributed by atoms with Crippen molar-refractivity contribution >= 4 is 10.0 Å². The van der Waals surface area contributed by atoms with Gasteiger partial charge >= 0.3 is 0 Å². The van der Waals surface area contributed by atoms with E-state index in [2.05, 4.69) is 4.72 Å². The number of nitrogens with one attached hydrogen (secondary N) is 1. The number of allylic oxidation sites excluding steroid dienone is 1. The molecule has 5 nitrogen and oxygen atoms in total. The molecule has 1 aliphatic carbocycles. The summed E-state index contributed by atoms with van der Waals surface area (Å²) in [6, 6.07) is -0.0990. The quantitative estimate of drug-likeness (QED) is 0.573. The highest BCUT2D eigenvalue weighted by molar-refractivity contribution is 7.89. The lowest BCUT2D eigenvalue weighted by Gasteiger charge is -2.12. The van der Waals surface area contributed by atoms with Gasteiger partial charge in [0, 0.05) is 12.6 Å². The maximum atomic E-state index is 11.4. The Kier molecular flexibility index (Phi) is 4.46. The standard InChI is InChI=1S/C9H16N2O3S/c10-9-3-1-2-8(6-9)7-15(13,14)11-4-5-12/h1-2,6,9,11-12H,3-5,7,10H2/t9-/m0/s1. The molecule has 0 saturated carbocycles. The van der Waals surface area contributed by atoms with E-state index < -0.39 is 10.0 Å².